The maximum atomic E-state index is 13.0. The minimum Gasteiger partial charge on any atom is -0.318 e. The molecule has 2 aromatic rings. The highest BCUT2D eigenvalue weighted by Crippen LogP contribution is 2.31. The summed E-state index contributed by atoms with van der Waals surface area (Å²) < 4.78 is 0. The fraction of sp³-hybridized carbons (Fsp3) is 0.316. The number of hydrogen-bond acceptors (Lipinski definition) is 5. The number of amides is 4. The van der Waals surface area contributed by atoms with Crippen molar-refractivity contribution in [2.24, 2.45) is 0 Å². The summed E-state index contributed by atoms with van der Waals surface area (Å²) in [6, 6.07) is 10.4. The van der Waals surface area contributed by atoms with Gasteiger partial charge in [-0.15, -0.1) is 0 Å². The van der Waals surface area contributed by atoms with Crippen LogP contribution in [0.2, 0.25) is 0 Å². The normalized spacial score (nSPS) is 19.4. The third kappa shape index (κ3) is 3.86. The number of carbonyl (C=O) groups excluding carboxylic acids is 3. The largest absolute Gasteiger partial charge is 0.344 e. The lowest BCUT2D eigenvalue weighted by molar-refractivity contribution is -0.139. The number of benzene rings is 1. The van der Waals surface area contributed by atoms with Gasteiger partial charge in [0.15, 0.2) is 0 Å². The van der Waals surface area contributed by atoms with Crippen LogP contribution in [0.3, 0.4) is 0 Å². The zero-order valence-corrected chi connectivity index (χ0v) is 16.1. The Morgan fingerprint density at radius 3 is 2.63 bits per heavy atom. The summed E-state index contributed by atoms with van der Waals surface area (Å²) in [4.78, 5) is 39.5. The van der Waals surface area contributed by atoms with Gasteiger partial charge in [-0.25, -0.2) is 4.79 Å². The van der Waals surface area contributed by atoms with Crippen LogP contribution in [0.15, 0.2) is 47.2 Å². The first kappa shape index (κ1) is 19.1. The Balaban J connectivity index is 1.67. The number of likely N-dealkylation sites (N-methyl/N-ethyl adjacent to an activating group) is 1. The molecule has 3 rings (SSSR count). The molecule has 0 aliphatic carbocycles. The van der Waals surface area contributed by atoms with Gasteiger partial charge in [0, 0.05) is 6.54 Å². The van der Waals surface area contributed by atoms with Gasteiger partial charge < -0.3 is 5.32 Å². The molecule has 142 valence electrons. The van der Waals surface area contributed by atoms with E-state index in [2.05, 4.69) is 10.7 Å². The number of rotatable bonds is 7. The van der Waals surface area contributed by atoms with E-state index in [9.17, 15) is 14.4 Å². The van der Waals surface area contributed by atoms with E-state index in [4.69, 9.17) is 0 Å². The molecule has 1 aromatic heterocycles. The Kier molecular flexibility index (Phi) is 5.57. The van der Waals surface area contributed by atoms with Crippen LogP contribution >= 0.6 is 11.3 Å². The molecular weight excluding hydrogens is 364 g/mol. The number of imide groups is 1. The van der Waals surface area contributed by atoms with Crippen LogP contribution in [0, 0.1) is 0 Å². The van der Waals surface area contributed by atoms with Crippen molar-refractivity contribution in [2.75, 3.05) is 13.6 Å². The van der Waals surface area contributed by atoms with E-state index >= 15 is 0 Å². The molecule has 1 fully saturated rings. The zero-order chi connectivity index (χ0) is 19.4. The van der Waals surface area contributed by atoms with Crippen LogP contribution in [0.25, 0.3) is 0 Å². The fourth-order valence-corrected chi connectivity index (χ4v) is 3.85. The highest BCUT2D eigenvalue weighted by molar-refractivity contribution is 7.07. The molecular formula is C19H22N4O3S. The third-order valence-corrected chi connectivity index (χ3v) is 5.30. The monoisotopic (exact) mass is 386 g/mol. The van der Waals surface area contributed by atoms with E-state index in [1.54, 1.807) is 23.5 Å². The molecule has 1 aliphatic rings. The average Bonchev–Trinajstić information content (AvgIpc) is 3.24. The van der Waals surface area contributed by atoms with Gasteiger partial charge in [-0.05, 0) is 41.4 Å². The Hall–Kier alpha value is -2.71. The average molecular weight is 386 g/mol. The van der Waals surface area contributed by atoms with Gasteiger partial charge in [0.1, 0.15) is 5.54 Å². The molecule has 0 saturated carbocycles. The number of hydrazine groups is 1. The molecule has 0 bridgehead atoms. The number of nitrogens with one attached hydrogen (secondary N) is 2. The first-order valence-corrected chi connectivity index (χ1v) is 9.62. The lowest BCUT2D eigenvalue weighted by Crippen LogP contribution is -2.50. The van der Waals surface area contributed by atoms with Gasteiger partial charge in [0.2, 0.25) is 0 Å². The molecule has 1 saturated heterocycles. The number of thiophene rings is 1. The van der Waals surface area contributed by atoms with Crippen LogP contribution in [-0.2, 0) is 21.7 Å². The van der Waals surface area contributed by atoms with Crippen molar-refractivity contribution in [3.05, 3.63) is 58.3 Å². The molecule has 2 N–H and O–H groups in total. The quantitative estimate of drug-likeness (QED) is 0.714. The van der Waals surface area contributed by atoms with E-state index < -0.39 is 23.4 Å². The maximum absolute atomic E-state index is 13.0. The van der Waals surface area contributed by atoms with E-state index in [0.29, 0.717) is 18.5 Å². The predicted molar refractivity (Wildman–Crippen MR) is 103 cm³/mol. The van der Waals surface area contributed by atoms with Crippen molar-refractivity contribution in [3.63, 3.8) is 0 Å². The second kappa shape index (κ2) is 7.89. The number of hydrogen-bond donors (Lipinski definition) is 2. The van der Waals surface area contributed by atoms with E-state index in [-0.39, 0.29) is 6.54 Å². The summed E-state index contributed by atoms with van der Waals surface area (Å²) in [5.74, 6) is -0.897. The van der Waals surface area contributed by atoms with Crippen molar-refractivity contribution in [3.8, 4) is 0 Å². The Bertz CT molecular complexity index is 825. The summed E-state index contributed by atoms with van der Waals surface area (Å²) in [6.45, 7) is 2.50. The molecule has 0 unspecified atom stereocenters. The fourth-order valence-electron chi connectivity index (χ4n) is 3.19. The Morgan fingerprint density at radius 1 is 1.26 bits per heavy atom. The second-order valence-corrected chi connectivity index (χ2v) is 7.31. The molecule has 0 spiro atoms. The topological polar surface area (TPSA) is 81.8 Å². The first-order chi connectivity index (χ1) is 13.0. The van der Waals surface area contributed by atoms with Crippen molar-refractivity contribution in [1.29, 1.82) is 0 Å². The smallest absolute Gasteiger partial charge is 0.318 e. The van der Waals surface area contributed by atoms with Crippen molar-refractivity contribution >= 4 is 29.2 Å². The molecule has 1 atom stereocenters. The highest BCUT2D eigenvalue weighted by Gasteiger charge is 2.52. The molecule has 1 aromatic carbocycles. The van der Waals surface area contributed by atoms with E-state index in [1.807, 2.05) is 53.9 Å². The minimum absolute atomic E-state index is 0.0668. The van der Waals surface area contributed by atoms with E-state index in [1.165, 1.54) is 0 Å². The molecule has 0 radical (unpaired) electrons. The number of urea groups is 1. The molecule has 2 heterocycles. The van der Waals surface area contributed by atoms with Gasteiger partial charge in [-0.1, -0.05) is 37.3 Å². The van der Waals surface area contributed by atoms with Crippen LogP contribution in [0.4, 0.5) is 4.79 Å². The molecule has 27 heavy (non-hydrogen) atoms. The first-order valence-electron chi connectivity index (χ1n) is 8.67. The lowest BCUT2D eigenvalue weighted by atomic mass is 9.87. The Labute approximate surface area is 161 Å². The summed E-state index contributed by atoms with van der Waals surface area (Å²) in [5.41, 5.74) is 3.09. The maximum Gasteiger partial charge on any atom is 0.344 e. The van der Waals surface area contributed by atoms with Gasteiger partial charge in [0.25, 0.3) is 11.8 Å². The van der Waals surface area contributed by atoms with Gasteiger partial charge in [-0.2, -0.15) is 16.3 Å². The SMILES string of the molecule is CC[C@@]1(c2ccccc2)NC(=O)N(NC(=O)CN(C)Cc2ccsc2)C1=O. The highest BCUT2D eigenvalue weighted by atomic mass is 32.1. The van der Waals surface area contributed by atoms with Crippen LogP contribution < -0.4 is 10.7 Å². The summed E-state index contributed by atoms with van der Waals surface area (Å²) in [5, 5.41) is 7.52. The molecule has 8 heteroatoms. The van der Waals surface area contributed by atoms with Gasteiger partial charge >= 0.3 is 6.03 Å². The minimum atomic E-state index is -1.16. The summed E-state index contributed by atoms with van der Waals surface area (Å²) >= 11 is 1.59. The zero-order valence-electron chi connectivity index (χ0n) is 15.3. The van der Waals surface area contributed by atoms with Crippen LogP contribution in [0.1, 0.15) is 24.5 Å². The second-order valence-electron chi connectivity index (χ2n) is 6.53. The van der Waals surface area contributed by atoms with Crippen LogP contribution in [0.5, 0.6) is 0 Å². The Morgan fingerprint density at radius 2 is 2.00 bits per heavy atom. The van der Waals surface area contributed by atoms with Crippen molar-refractivity contribution in [1.82, 2.24) is 20.7 Å². The summed E-state index contributed by atoms with van der Waals surface area (Å²) in [7, 11) is 1.81. The number of carbonyl (C=O) groups is 3. The summed E-state index contributed by atoms with van der Waals surface area (Å²) in [6.07, 6.45) is 0.381. The predicted octanol–water partition coefficient (Wildman–Crippen LogP) is 2.07. The van der Waals surface area contributed by atoms with Gasteiger partial charge in [0.05, 0.1) is 6.54 Å². The standard InChI is InChI=1S/C19H22N4O3S/c1-3-19(15-7-5-4-6-8-15)17(25)23(18(26)20-19)21-16(24)12-22(2)11-14-9-10-27-13-14/h4-10,13H,3,11-12H2,1-2H3,(H,20,26)(H,21,24)/t19-/m0/s1. The van der Waals surface area contributed by atoms with Crippen molar-refractivity contribution < 1.29 is 14.4 Å². The molecule has 4 amide bonds. The van der Waals surface area contributed by atoms with Crippen LogP contribution in [-0.4, -0.2) is 41.3 Å². The third-order valence-electron chi connectivity index (χ3n) is 4.57. The molecule has 7 nitrogen and oxygen atoms in total. The van der Waals surface area contributed by atoms with Crippen molar-refractivity contribution in [2.45, 2.75) is 25.4 Å². The van der Waals surface area contributed by atoms with E-state index in [0.717, 1.165) is 10.6 Å². The lowest BCUT2D eigenvalue weighted by Gasteiger charge is -2.25. The number of nitrogens with zero attached hydrogens (tertiary/aromatic N) is 2. The van der Waals surface area contributed by atoms with Gasteiger partial charge in [-0.3, -0.25) is 19.9 Å². The molecule has 1 aliphatic heterocycles.